The van der Waals surface area contributed by atoms with Crippen LogP contribution in [0, 0.1) is 0 Å². The van der Waals surface area contributed by atoms with E-state index in [0.717, 1.165) is 0 Å². The maximum absolute atomic E-state index is 2.41. The number of rotatable bonds is 15. The Bertz CT molecular complexity index is 247. The molecule has 0 aromatic rings. The van der Waals surface area contributed by atoms with Gasteiger partial charge in [-0.25, -0.2) is 0 Å². The van der Waals surface area contributed by atoms with Crippen LogP contribution in [0.15, 0.2) is 23.8 Å². The Kier molecular flexibility index (Phi) is 17.1. The number of hydrogen-bond acceptors (Lipinski definition) is 0. The molecule has 0 atom stereocenters. The third-order valence-electron chi connectivity index (χ3n) is 4.09. The maximum Gasteiger partial charge on any atom is -0.0282 e. The molecule has 0 nitrogen and oxygen atoms in total. The molecule has 0 aliphatic carbocycles. The minimum Gasteiger partial charge on any atom is -0.0843 e. The fourth-order valence-corrected chi connectivity index (χ4v) is 2.73. The lowest BCUT2D eigenvalue weighted by Gasteiger charge is -2.03. The fraction of sp³-hybridized carbons (Fsp3) is 0.810. The lowest BCUT2D eigenvalue weighted by Crippen LogP contribution is -1.83. The van der Waals surface area contributed by atoms with Crippen molar-refractivity contribution in [3.8, 4) is 0 Å². The van der Waals surface area contributed by atoms with E-state index in [1.54, 1.807) is 5.57 Å². The molecule has 0 aromatic carbocycles. The predicted octanol–water partition coefficient (Wildman–Crippen LogP) is 7.99. The third-order valence-corrected chi connectivity index (χ3v) is 4.09. The van der Waals surface area contributed by atoms with Gasteiger partial charge in [0, 0.05) is 0 Å². The van der Waals surface area contributed by atoms with Gasteiger partial charge in [-0.05, 0) is 32.1 Å². The van der Waals surface area contributed by atoms with Crippen LogP contribution in [-0.4, -0.2) is 0 Å². The highest BCUT2D eigenvalue weighted by molar-refractivity contribution is 5.18. The Hall–Kier alpha value is -0.520. The van der Waals surface area contributed by atoms with Crippen LogP contribution >= 0.6 is 0 Å². The molecule has 0 aromatic heterocycles. The average Bonchev–Trinajstić information content (AvgIpc) is 2.49. The Morgan fingerprint density at radius 2 is 1.24 bits per heavy atom. The molecule has 0 saturated carbocycles. The normalized spacial score (nSPS) is 12.4. The van der Waals surface area contributed by atoms with Crippen LogP contribution in [0.1, 0.15) is 111 Å². The molecule has 0 bridgehead atoms. The zero-order valence-corrected chi connectivity index (χ0v) is 15.1. The van der Waals surface area contributed by atoms with Crippen LogP contribution in [0.4, 0.5) is 0 Å². The maximum atomic E-state index is 2.41. The Balaban J connectivity index is 3.67. The SMILES string of the molecule is CCC=C(C=CCCCCCCCC)CCCCCCC. The van der Waals surface area contributed by atoms with Crippen LogP contribution in [-0.2, 0) is 0 Å². The highest BCUT2D eigenvalue weighted by atomic mass is 14.0. The summed E-state index contributed by atoms with van der Waals surface area (Å²) >= 11 is 0. The van der Waals surface area contributed by atoms with Crippen molar-refractivity contribution >= 4 is 0 Å². The monoisotopic (exact) mass is 292 g/mol. The van der Waals surface area contributed by atoms with Crippen LogP contribution in [0.25, 0.3) is 0 Å². The van der Waals surface area contributed by atoms with Gasteiger partial charge < -0.3 is 0 Å². The second-order valence-corrected chi connectivity index (χ2v) is 6.31. The number of allylic oxidation sites excluding steroid dienone is 4. The van der Waals surface area contributed by atoms with Crippen molar-refractivity contribution < 1.29 is 0 Å². The van der Waals surface area contributed by atoms with E-state index in [9.17, 15) is 0 Å². The minimum atomic E-state index is 1.17. The zero-order chi connectivity index (χ0) is 15.6. The van der Waals surface area contributed by atoms with E-state index in [4.69, 9.17) is 0 Å². The molecule has 0 saturated heterocycles. The molecule has 0 rings (SSSR count). The van der Waals surface area contributed by atoms with Crippen molar-refractivity contribution in [3.63, 3.8) is 0 Å². The summed E-state index contributed by atoms with van der Waals surface area (Å²) in [5, 5.41) is 0. The first kappa shape index (κ1) is 20.5. The van der Waals surface area contributed by atoms with Gasteiger partial charge in [0.1, 0.15) is 0 Å². The fourth-order valence-electron chi connectivity index (χ4n) is 2.73. The molecule has 0 aliphatic rings. The molecule has 0 spiro atoms. The van der Waals surface area contributed by atoms with E-state index >= 15 is 0 Å². The van der Waals surface area contributed by atoms with E-state index in [1.807, 2.05) is 0 Å². The van der Waals surface area contributed by atoms with E-state index < -0.39 is 0 Å². The van der Waals surface area contributed by atoms with Crippen molar-refractivity contribution in [2.24, 2.45) is 0 Å². The van der Waals surface area contributed by atoms with E-state index in [1.165, 1.54) is 89.9 Å². The second kappa shape index (κ2) is 17.5. The molecule has 0 heteroatoms. The molecular weight excluding hydrogens is 252 g/mol. The molecule has 0 fully saturated rings. The smallest absolute Gasteiger partial charge is 0.0282 e. The molecule has 0 heterocycles. The molecule has 21 heavy (non-hydrogen) atoms. The standard InChI is InChI=1S/C21H40/c1-4-7-9-11-12-13-15-17-20-21(18-6-3)19-16-14-10-8-5-2/h17-18,20H,4-16,19H2,1-3H3. The van der Waals surface area contributed by atoms with Crippen molar-refractivity contribution in [1.82, 2.24) is 0 Å². The zero-order valence-electron chi connectivity index (χ0n) is 15.1. The van der Waals surface area contributed by atoms with E-state index in [2.05, 4.69) is 39.0 Å². The Labute approximate surface area is 135 Å². The largest absolute Gasteiger partial charge is 0.0843 e. The Morgan fingerprint density at radius 1 is 0.667 bits per heavy atom. The summed E-state index contributed by atoms with van der Waals surface area (Å²) in [5.41, 5.74) is 1.57. The average molecular weight is 293 g/mol. The first-order valence-electron chi connectivity index (χ1n) is 9.70. The van der Waals surface area contributed by atoms with E-state index in [0.29, 0.717) is 0 Å². The topological polar surface area (TPSA) is 0 Å². The second-order valence-electron chi connectivity index (χ2n) is 6.31. The first-order valence-corrected chi connectivity index (χ1v) is 9.70. The highest BCUT2D eigenvalue weighted by Crippen LogP contribution is 2.14. The molecule has 0 aliphatic heterocycles. The summed E-state index contributed by atoms with van der Waals surface area (Å²) in [5.74, 6) is 0. The molecule has 0 N–H and O–H groups in total. The summed E-state index contributed by atoms with van der Waals surface area (Å²) in [6, 6.07) is 0. The van der Waals surface area contributed by atoms with E-state index in [-0.39, 0.29) is 0 Å². The number of unbranched alkanes of at least 4 members (excludes halogenated alkanes) is 10. The van der Waals surface area contributed by atoms with Crippen molar-refractivity contribution in [2.75, 3.05) is 0 Å². The minimum absolute atomic E-state index is 1.17. The van der Waals surface area contributed by atoms with Crippen LogP contribution in [0.2, 0.25) is 0 Å². The van der Waals surface area contributed by atoms with Gasteiger partial charge in [0.05, 0.1) is 0 Å². The first-order chi connectivity index (χ1) is 10.3. The molecule has 0 unspecified atom stereocenters. The van der Waals surface area contributed by atoms with Gasteiger partial charge in [0.2, 0.25) is 0 Å². The van der Waals surface area contributed by atoms with Gasteiger partial charge in [-0.3, -0.25) is 0 Å². The molecule has 0 radical (unpaired) electrons. The van der Waals surface area contributed by atoms with Crippen LogP contribution in [0.3, 0.4) is 0 Å². The summed E-state index contributed by atoms with van der Waals surface area (Å²) in [4.78, 5) is 0. The highest BCUT2D eigenvalue weighted by Gasteiger charge is 1.94. The quantitative estimate of drug-likeness (QED) is 0.212. The van der Waals surface area contributed by atoms with Crippen LogP contribution < -0.4 is 0 Å². The summed E-state index contributed by atoms with van der Waals surface area (Å²) in [6.07, 6.45) is 26.3. The van der Waals surface area contributed by atoms with Gasteiger partial charge in [-0.1, -0.05) is 102 Å². The lowest BCUT2D eigenvalue weighted by atomic mass is 10.0. The molecular formula is C21H40. The van der Waals surface area contributed by atoms with Gasteiger partial charge >= 0.3 is 0 Å². The van der Waals surface area contributed by atoms with Crippen molar-refractivity contribution in [3.05, 3.63) is 23.8 Å². The lowest BCUT2D eigenvalue weighted by molar-refractivity contribution is 0.611. The van der Waals surface area contributed by atoms with Gasteiger partial charge in [0.25, 0.3) is 0 Å². The van der Waals surface area contributed by atoms with Crippen molar-refractivity contribution in [2.45, 2.75) is 111 Å². The summed E-state index contributed by atoms with van der Waals surface area (Å²) in [7, 11) is 0. The molecule has 124 valence electrons. The van der Waals surface area contributed by atoms with Gasteiger partial charge in [-0.15, -0.1) is 0 Å². The van der Waals surface area contributed by atoms with Crippen LogP contribution in [0.5, 0.6) is 0 Å². The van der Waals surface area contributed by atoms with Gasteiger partial charge in [-0.2, -0.15) is 0 Å². The van der Waals surface area contributed by atoms with Crippen molar-refractivity contribution in [1.29, 1.82) is 0 Å². The third kappa shape index (κ3) is 15.7. The summed E-state index contributed by atoms with van der Waals surface area (Å²) in [6.45, 7) is 6.82. The summed E-state index contributed by atoms with van der Waals surface area (Å²) < 4.78 is 0. The predicted molar refractivity (Wildman–Crippen MR) is 98.9 cm³/mol. The Morgan fingerprint density at radius 3 is 1.86 bits per heavy atom. The number of hydrogen-bond donors (Lipinski definition) is 0. The van der Waals surface area contributed by atoms with Gasteiger partial charge in [0.15, 0.2) is 0 Å². The molecule has 0 amide bonds.